The molecule has 24 heavy (non-hydrogen) atoms. The summed E-state index contributed by atoms with van der Waals surface area (Å²) >= 11 is 0. The molecule has 0 aromatic heterocycles. The molecule has 3 rings (SSSR count). The van der Waals surface area contributed by atoms with Crippen LogP contribution in [0.4, 0.5) is 8.78 Å². The van der Waals surface area contributed by atoms with Crippen molar-refractivity contribution in [1.29, 1.82) is 0 Å². The van der Waals surface area contributed by atoms with E-state index in [4.69, 9.17) is 9.84 Å². The lowest BCUT2D eigenvalue weighted by Gasteiger charge is -2.20. The number of benzene rings is 2. The van der Waals surface area contributed by atoms with Crippen LogP contribution in [0.2, 0.25) is 0 Å². The number of hydrogen-bond donors (Lipinski definition) is 2. The number of rotatable bonds is 5. The first kappa shape index (κ1) is 16.5. The Morgan fingerprint density at radius 1 is 1.21 bits per heavy atom. The smallest absolute Gasteiger partial charge is 0.335 e. The zero-order valence-corrected chi connectivity index (χ0v) is 12.8. The van der Waals surface area contributed by atoms with Gasteiger partial charge >= 0.3 is 5.97 Å². The lowest BCUT2D eigenvalue weighted by molar-refractivity contribution is 0.0696. The number of ether oxygens (including phenoxy) is 1. The Kier molecular flexibility index (Phi) is 4.87. The van der Waals surface area contributed by atoms with Crippen LogP contribution in [-0.2, 0) is 11.3 Å². The third-order valence-electron chi connectivity index (χ3n) is 4.11. The van der Waals surface area contributed by atoms with Gasteiger partial charge in [-0.25, -0.2) is 13.6 Å². The van der Waals surface area contributed by atoms with Gasteiger partial charge in [-0.05, 0) is 41.8 Å². The summed E-state index contributed by atoms with van der Waals surface area (Å²) in [5.41, 5.74) is 1.66. The van der Waals surface area contributed by atoms with Crippen molar-refractivity contribution < 1.29 is 23.4 Å². The molecular weight excluding hydrogens is 316 g/mol. The zero-order chi connectivity index (χ0) is 17.1. The summed E-state index contributed by atoms with van der Waals surface area (Å²) in [7, 11) is 0. The molecule has 0 bridgehead atoms. The summed E-state index contributed by atoms with van der Waals surface area (Å²) in [4.78, 5) is 11.0. The number of aromatic carboxylic acids is 1. The van der Waals surface area contributed by atoms with E-state index in [1.165, 1.54) is 12.1 Å². The maximum absolute atomic E-state index is 13.4. The van der Waals surface area contributed by atoms with Crippen molar-refractivity contribution in [3.63, 3.8) is 0 Å². The lowest BCUT2D eigenvalue weighted by atomic mass is 10.0. The molecule has 0 radical (unpaired) electrons. The molecule has 2 N–H and O–H groups in total. The van der Waals surface area contributed by atoms with Crippen LogP contribution in [0, 0.1) is 11.6 Å². The second kappa shape index (κ2) is 7.07. The minimum Gasteiger partial charge on any atom is -0.478 e. The summed E-state index contributed by atoms with van der Waals surface area (Å²) in [6, 6.07) is 10.4. The van der Waals surface area contributed by atoms with Crippen molar-refractivity contribution in [3.8, 4) is 0 Å². The number of hydrogen-bond acceptors (Lipinski definition) is 3. The zero-order valence-electron chi connectivity index (χ0n) is 12.8. The number of carbonyl (C=O) groups is 1. The quantitative estimate of drug-likeness (QED) is 0.882. The Balaban J connectivity index is 1.69. The van der Waals surface area contributed by atoms with Crippen LogP contribution in [0.15, 0.2) is 42.5 Å². The van der Waals surface area contributed by atoms with Gasteiger partial charge in [0, 0.05) is 19.2 Å². The van der Waals surface area contributed by atoms with E-state index in [9.17, 15) is 13.6 Å². The van der Waals surface area contributed by atoms with Gasteiger partial charge in [-0.2, -0.15) is 0 Å². The minimum atomic E-state index is -0.972. The van der Waals surface area contributed by atoms with Crippen molar-refractivity contribution >= 4 is 5.97 Å². The van der Waals surface area contributed by atoms with Gasteiger partial charge in [-0.3, -0.25) is 0 Å². The SMILES string of the molecule is O=C(O)c1cccc(CNC2CCOC2c2ccc(F)c(F)c2)c1. The molecule has 4 nitrogen and oxygen atoms in total. The van der Waals surface area contributed by atoms with Crippen molar-refractivity contribution in [2.75, 3.05) is 6.61 Å². The van der Waals surface area contributed by atoms with E-state index in [2.05, 4.69) is 5.32 Å². The van der Waals surface area contributed by atoms with Gasteiger partial charge in [0.05, 0.1) is 11.7 Å². The monoisotopic (exact) mass is 333 g/mol. The summed E-state index contributed by atoms with van der Waals surface area (Å²) in [6.07, 6.45) is 0.380. The van der Waals surface area contributed by atoms with Gasteiger partial charge in [0.25, 0.3) is 0 Å². The molecule has 1 aliphatic heterocycles. The molecule has 0 saturated carbocycles. The predicted octanol–water partition coefficient (Wildman–Crippen LogP) is 3.28. The standard InChI is InChI=1S/C18H17F2NO3/c19-14-5-4-12(9-15(14)20)17-16(6-7-24-17)21-10-11-2-1-3-13(8-11)18(22)23/h1-5,8-9,16-17,21H,6-7,10H2,(H,22,23). The van der Waals surface area contributed by atoms with E-state index < -0.39 is 17.6 Å². The van der Waals surface area contributed by atoms with Crippen molar-refractivity contribution in [3.05, 3.63) is 70.8 Å². The van der Waals surface area contributed by atoms with Crippen LogP contribution < -0.4 is 5.32 Å². The van der Waals surface area contributed by atoms with Crippen LogP contribution in [0.3, 0.4) is 0 Å². The third-order valence-corrected chi connectivity index (χ3v) is 4.11. The molecule has 1 aliphatic rings. The fourth-order valence-corrected chi connectivity index (χ4v) is 2.88. The topological polar surface area (TPSA) is 58.6 Å². The van der Waals surface area contributed by atoms with Gasteiger partial charge in [-0.15, -0.1) is 0 Å². The molecule has 126 valence electrons. The minimum absolute atomic E-state index is 0.0525. The molecule has 2 unspecified atom stereocenters. The molecule has 2 aromatic rings. The third kappa shape index (κ3) is 3.60. The summed E-state index contributed by atoms with van der Waals surface area (Å²) in [6.45, 7) is 0.992. The van der Waals surface area contributed by atoms with E-state index in [0.717, 1.165) is 24.1 Å². The van der Waals surface area contributed by atoms with E-state index in [1.54, 1.807) is 12.1 Å². The number of carboxylic acids is 1. The van der Waals surface area contributed by atoms with Gasteiger partial charge in [0.2, 0.25) is 0 Å². The van der Waals surface area contributed by atoms with Crippen LogP contribution in [0.1, 0.15) is 34.0 Å². The Hall–Kier alpha value is -2.31. The molecule has 1 heterocycles. The van der Waals surface area contributed by atoms with E-state index in [1.807, 2.05) is 6.07 Å². The molecule has 6 heteroatoms. The van der Waals surface area contributed by atoms with Gasteiger partial charge in [0.1, 0.15) is 0 Å². The average Bonchev–Trinajstić information content (AvgIpc) is 3.04. The highest BCUT2D eigenvalue weighted by Gasteiger charge is 2.29. The van der Waals surface area contributed by atoms with Gasteiger partial charge in [0.15, 0.2) is 11.6 Å². The second-order valence-electron chi connectivity index (χ2n) is 5.75. The predicted molar refractivity (Wildman–Crippen MR) is 83.7 cm³/mol. The van der Waals surface area contributed by atoms with Crippen molar-refractivity contribution in [2.24, 2.45) is 0 Å². The van der Waals surface area contributed by atoms with E-state index >= 15 is 0 Å². The second-order valence-corrected chi connectivity index (χ2v) is 5.75. The van der Waals surface area contributed by atoms with Gasteiger partial charge < -0.3 is 15.2 Å². The lowest BCUT2D eigenvalue weighted by Crippen LogP contribution is -2.31. The fraction of sp³-hybridized carbons (Fsp3) is 0.278. The molecule has 0 spiro atoms. The number of halogens is 2. The largest absolute Gasteiger partial charge is 0.478 e. The average molecular weight is 333 g/mol. The summed E-state index contributed by atoms with van der Waals surface area (Å²) < 4.78 is 32.2. The summed E-state index contributed by atoms with van der Waals surface area (Å²) in [5, 5.41) is 12.3. The molecule has 0 amide bonds. The highest BCUT2D eigenvalue weighted by atomic mass is 19.2. The van der Waals surface area contributed by atoms with Crippen molar-refractivity contribution in [1.82, 2.24) is 5.32 Å². The Morgan fingerprint density at radius 2 is 2.04 bits per heavy atom. The Morgan fingerprint density at radius 3 is 2.79 bits per heavy atom. The Bertz CT molecular complexity index is 751. The fourth-order valence-electron chi connectivity index (χ4n) is 2.88. The van der Waals surface area contributed by atoms with Crippen LogP contribution in [0.5, 0.6) is 0 Å². The molecular formula is C18H17F2NO3. The van der Waals surface area contributed by atoms with E-state index in [-0.39, 0.29) is 17.7 Å². The first-order valence-corrected chi connectivity index (χ1v) is 7.67. The van der Waals surface area contributed by atoms with Gasteiger partial charge in [-0.1, -0.05) is 18.2 Å². The maximum atomic E-state index is 13.4. The molecule has 1 saturated heterocycles. The first-order valence-electron chi connectivity index (χ1n) is 7.67. The normalized spacial score (nSPS) is 20.2. The highest BCUT2D eigenvalue weighted by Crippen LogP contribution is 2.30. The molecule has 2 atom stereocenters. The van der Waals surface area contributed by atoms with Crippen molar-refractivity contribution in [2.45, 2.75) is 25.1 Å². The first-order chi connectivity index (χ1) is 11.5. The molecule has 0 aliphatic carbocycles. The molecule has 1 fully saturated rings. The van der Waals surface area contributed by atoms with Crippen LogP contribution >= 0.6 is 0 Å². The Labute approximate surface area is 138 Å². The van der Waals surface area contributed by atoms with E-state index in [0.29, 0.717) is 18.7 Å². The number of nitrogens with one attached hydrogen (secondary N) is 1. The highest BCUT2D eigenvalue weighted by molar-refractivity contribution is 5.87. The number of carboxylic acid groups (broad SMARTS) is 1. The molecule has 2 aromatic carbocycles. The maximum Gasteiger partial charge on any atom is 0.335 e. The summed E-state index contributed by atoms with van der Waals surface area (Å²) in [5.74, 6) is -2.75. The van der Waals surface area contributed by atoms with Crippen LogP contribution in [0.25, 0.3) is 0 Å². The van der Waals surface area contributed by atoms with Crippen LogP contribution in [-0.4, -0.2) is 23.7 Å².